The second-order valence-electron chi connectivity index (χ2n) is 7.96. The molecule has 1 aromatic carbocycles. The summed E-state index contributed by atoms with van der Waals surface area (Å²) in [6, 6.07) is 9.22. The first-order valence-corrected chi connectivity index (χ1v) is 10.0. The Labute approximate surface area is 177 Å². The summed E-state index contributed by atoms with van der Waals surface area (Å²) in [6.07, 6.45) is 2.17. The number of rotatable bonds is 4. The number of likely N-dealkylation sites (N-methyl/N-ethyl adjacent to an activating group) is 1. The third-order valence-electron chi connectivity index (χ3n) is 5.94. The van der Waals surface area contributed by atoms with Crippen LogP contribution in [0.5, 0.6) is 11.6 Å². The number of hydrogen-bond acceptors (Lipinski definition) is 6. The minimum Gasteiger partial charge on any atom is -0.507 e. The molecule has 160 valence electrons. The van der Waals surface area contributed by atoms with E-state index in [1.807, 2.05) is 25.3 Å². The van der Waals surface area contributed by atoms with Crippen LogP contribution in [0.2, 0.25) is 0 Å². The largest absolute Gasteiger partial charge is 0.507 e. The molecule has 4 heterocycles. The minimum absolute atomic E-state index is 0.0533. The molecule has 0 spiro atoms. The monoisotopic (exact) mass is 425 g/mol. The van der Waals surface area contributed by atoms with E-state index in [1.54, 1.807) is 40.9 Å². The maximum atomic E-state index is 14.0. The number of aromatic nitrogens is 4. The normalized spacial score (nSPS) is 23.4. The molecule has 0 amide bonds. The van der Waals surface area contributed by atoms with Crippen LogP contribution in [0.15, 0.2) is 54.2 Å². The zero-order chi connectivity index (χ0) is 21.7. The fraction of sp³-hybridized carbons (Fsp3) is 0.318. The summed E-state index contributed by atoms with van der Waals surface area (Å²) in [6.45, 7) is 1.89. The summed E-state index contributed by atoms with van der Waals surface area (Å²) in [4.78, 5) is 1.70. The van der Waals surface area contributed by atoms with Crippen LogP contribution in [0.3, 0.4) is 0 Å². The van der Waals surface area contributed by atoms with Gasteiger partial charge in [0.25, 0.3) is 0 Å². The molecule has 31 heavy (non-hydrogen) atoms. The molecule has 0 saturated carbocycles. The van der Waals surface area contributed by atoms with Gasteiger partial charge in [-0.1, -0.05) is 0 Å². The molecule has 9 heteroatoms. The predicted molar refractivity (Wildman–Crippen MR) is 109 cm³/mol. The van der Waals surface area contributed by atoms with Crippen LogP contribution in [0.1, 0.15) is 18.5 Å². The van der Waals surface area contributed by atoms with Crippen molar-refractivity contribution in [3.05, 3.63) is 59.9 Å². The number of benzene rings is 1. The Morgan fingerprint density at radius 2 is 1.77 bits per heavy atom. The molecule has 1 saturated heterocycles. The number of phenolic OH excluding ortho intramolecular Hbond substituents is 1. The molecule has 0 aliphatic carbocycles. The van der Waals surface area contributed by atoms with Crippen molar-refractivity contribution in [3.8, 4) is 28.6 Å². The average molecular weight is 425 g/mol. The molecule has 5 rings (SSSR count). The third kappa shape index (κ3) is 3.44. The van der Waals surface area contributed by atoms with Crippen LogP contribution in [0, 0.1) is 6.92 Å². The molecule has 2 aliphatic rings. The van der Waals surface area contributed by atoms with Crippen molar-refractivity contribution in [1.29, 1.82) is 0 Å². The summed E-state index contributed by atoms with van der Waals surface area (Å²) in [7, 11) is 1.72. The number of halogens is 2. The number of nitrogens with zero attached hydrogens (tertiary/aromatic N) is 5. The number of phenols is 1. The fourth-order valence-corrected chi connectivity index (χ4v) is 4.26. The van der Waals surface area contributed by atoms with Crippen molar-refractivity contribution in [3.63, 3.8) is 0 Å². The van der Waals surface area contributed by atoms with Gasteiger partial charge in [0.15, 0.2) is 11.7 Å². The molecule has 2 aromatic heterocycles. The van der Waals surface area contributed by atoms with E-state index in [0.29, 0.717) is 24.1 Å². The molecular formula is C22H21F2N5O2. The van der Waals surface area contributed by atoms with E-state index in [0.717, 1.165) is 11.4 Å². The summed E-state index contributed by atoms with van der Waals surface area (Å²) in [5, 5.41) is 23.0. The van der Waals surface area contributed by atoms with Gasteiger partial charge in [0.05, 0.1) is 29.2 Å². The van der Waals surface area contributed by atoms with Crippen LogP contribution >= 0.6 is 0 Å². The number of ether oxygens (including phenoxy) is 1. The first kappa shape index (κ1) is 19.6. The van der Waals surface area contributed by atoms with Crippen LogP contribution in [-0.2, 0) is 0 Å². The number of fused-ring (bicyclic) bond motifs is 2. The number of aryl methyl sites for hydroxylation is 1. The standard InChI is InChI=1S/C22H21F2N5O2/c1-12-7-8-29(27-12)13-3-4-15(19(30)9-13)16-5-6-20(26-25-16)31-14-10-17-21(23)22(24)18(11-14)28(17)2/h3-9,14,17-18,30H,10-11H2,1-2H3. The molecule has 1 N–H and O–H groups in total. The molecule has 0 radical (unpaired) electrons. The second kappa shape index (κ2) is 7.42. The van der Waals surface area contributed by atoms with E-state index in [-0.39, 0.29) is 17.7 Å². The summed E-state index contributed by atoms with van der Waals surface area (Å²) < 4.78 is 35.5. The lowest BCUT2D eigenvalue weighted by atomic mass is 9.99. The lowest BCUT2D eigenvalue weighted by molar-refractivity contribution is 0.0587. The Balaban J connectivity index is 1.30. The van der Waals surface area contributed by atoms with Gasteiger partial charge >= 0.3 is 0 Å². The minimum atomic E-state index is -0.691. The molecule has 7 nitrogen and oxygen atoms in total. The smallest absolute Gasteiger partial charge is 0.233 e. The molecular weight excluding hydrogens is 404 g/mol. The van der Waals surface area contributed by atoms with E-state index in [9.17, 15) is 13.9 Å². The third-order valence-corrected chi connectivity index (χ3v) is 5.94. The van der Waals surface area contributed by atoms with Gasteiger partial charge in [-0.15, -0.1) is 10.2 Å². The second-order valence-corrected chi connectivity index (χ2v) is 7.96. The summed E-state index contributed by atoms with van der Waals surface area (Å²) in [5.74, 6) is -1.05. The SMILES string of the molecule is Cc1ccn(-c2ccc(-c3ccc(OC4CC5C(F)=C(F)C(C4)N5C)nn3)c(O)c2)n1. The van der Waals surface area contributed by atoms with Crippen LogP contribution in [0.4, 0.5) is 8.78 Å². The molecule has 3 aromatic rings. The molecule has 2 bridgehead atoms. The maximum absolute atomic E-state index is 14.0. The van der Waals surface area contributed by atoms with Gasteiger partial charge in [0.2, 0.25) is 5.88 Å². The highest BCUT2D eigenvalue weighted by molar-refractivity contribution is 5.68. The van der Waals surface area contributed by atoms with Crippen molar-refractivity contribution in [1.82, 2.24) is 24.9 Å². The van der Waals surface area contributed by atoms with Crippen molar-refractivity contribution >= 4 is 0 Å². The highest BCUT2D eigenvalue weighted by Crippen LogP contribution is 2.41. The Morgan fingerprint density at radius 1 is 1.03 bits per heavy atom. The topological polar surface area (TPSA) is 76.3 Å². The Bertz CT molecular complexity index is 1140. The van der Waals surface area contributed by atoms with Crippen molar-refractivity contribution in [2.45, 2.75) is 38.0 Å². The highest BCUT2D eigenvalue weighted by atomic mass is 19.2. The quantitative estimate of drug-likeness (QED) is 0.687. The van der Waals surface area contributed by atoms with Crippen molar-refractivity contribution in [2.75, 3.05) is 7.05 Å². The lowest BCUT2D eigenvalue weighted by Crippen LogP contribution is -2.45. The van der Waals surface area contributed by atoms with E-state index < -0.39 is 23.7 Å². The average Bonchev–Trinajstić information content (AvgIpc) is 3.24. The van der Waals surface area contributed by atoms with Gasteiger partial charge in [0, 0.05) is 36.7 Å². The van der Waals surface area contributed by atoms with E-state index >= 15 is 0 Å². The number of piperidine rings is 1. The first-order chi connectivity index (χ1) is 14.9. The Kier molecular flexibility index (Phi) is 4.70. The Morgan fingerprint density at radius 3 is 2.35 bits per heavy atom. The Hall–Kier alpha value is -3.33. The summed E-state index contributed by atoms with van der Waals surface area (Å²) in [5.41, 5.74) is 2.61. The van der Waals surface area contributed by atoms with Gasteiger partial charge in [-0.05, 0) is 38.2 Å². The zero-order valence-corrected chi connectivity index (χ0v) is 17.0. The van der Waals surface area contributed by atoms with E-state index in [2.05, 4.69) is 15.3 Å². The predicted octanol–water partition coefficient (Wildman–Crippen LogP) is 3.72. The first-order valence-electron chi connectivity index (χ1n) is 10.0. The van der Waals surface area contributed by atoms with E-state index in [4.69, 9.17) is 4.74 Å². The molecule has 2 unspecified atom stereocenters. The maximum Gasteiger partial charge on any atom is 0.233 e. The van der Waals surface area contributed by atoms with Crippen LogP contribution < -0.4 is 4.74 Å². The highest BCUT2D eigenvalue weighted by Gasteiger charge is 2.46. The van der Waals surface area contributed by atoms with Crippen LogP contribution in [-0.4, -0.2) is 55.2 Å². The van der Waals surface area contributed by atoms with Crippen LogP contribution in [0.25, 0.3) is 16.9 Å². The zero-order valence-electron chi connectivity index (χ0n) is 17.0. The lowest BCUT2D eigenvalue weighted by Gasteiger charge is -2.35. The fourth-order valence-electron chi connectivity index (χ4n) is 4.26. The van der Waals surface area contributed by atoms with Gasteiger partial charge < -0.3 is 9.84 Å². The molecule has 2 aliphatic heterocycles. The number of aromatic hydroxyl groups is 1. The van der Waals surface area contributed by atoms with E-state index in [1.165, 1.54) is 0 Å². The molecule has 1 fully saturated rings. The van der Waals surface area contributed by atoms with Crippen molar-refractivity contribution < 1.29 is 18.6 Å². The van der Waals surface area contributed by atoms with Gasteiger partial charge in [0.1, 0.15) is 11.9 Å². The summed E-state index contributed by atoms with van der Waals surface area (Å²) >= 11 is 0. The molecule has 2 atom stereocenters. The van der Waals surface area contributed by atoms with Crippen molar-refractivity contribution in [2.24, 2.45) is 0 Å². The number of hydrogen-bond donors (Lipinski definition) is 1. The van der Waals surface area contributed by atoms with Gasteiger partial charge in [-0.25, -0.2) is 13.5 Å². The van der Waals surface area contributed by atoms with Gasteiger partial charge in [-0.3, -0.25) is 4.90 Å². The van der Waals surface area contributed by atoms with Gasteiger partial charge in [-0.2, -0.15) is 5.10 Å².